The molecular formula is C16H20BrNO4. The summed E-state index contributed by atoms with van der Waals surface area (Å²) in [5, 5.41) is 8.75. The molecule has 2 rings (SSSR count). The third-order valence-electron chi connectivity index (χ3n) is 3.81. The highest BCUT2D eigenvalue weighted by molar-refractivity contribution is 9.10. The van der Waals surface area contributed by atoms with Crippen molar-refractivity contribution in [3.8, 4) is 5.75 Å². The quantitative estimate of drug-likeness (QED) is 0.836. The zero-order chi connectivity index (χ0) is 15.9. The molecule has 0 spiro atoms. The van der Waals surface area contributed by atoms with Crippen LogP contribution in [0.5, 0.6) is 5.75 Å². The van der Waals surface area contributed by atoms with E-state index in [2.05, 4.69) is 15.9 Å². The molecule has 1 heterocycles. The number of amides is 1. The predicted octanol–water partition coefficient (Wildman–Crippen LogP) is 2.93. The van der Waals surface area contributed by atoms with Crippen LogP contribution < -0.4 is 4.74 Å². The van der Waals surface area contributed by atoms with E-state index < -0.39 is 5.97 Å². The first kappa shape index (κ1) is 16.8. The highest BCUT2D eigenvalue weighted by Gasteiger charge is 2.24. The topological polar surface area (TPSA) is 66.8 Å². The Morgan fingerprint density at radius 2 is 2.05 bits per heavy atom. The van der Waals surface area contributed by atoms with Gasteiger partial charge in [-0.1, -0.05) is 15.9 Å². The van der Waals surface area contributed by atoms with Gasteiger partial charge in [-0.15, -0.1) is 0 Å². The van der Waals surface area contributed by atoms with Gasteiger partial charge in [-0.2, -0.15) is 0 Å². The molecule has 22 heavy (non-hydrogen) atoms. The average molecular weight is 370 g/mol. The molecule has 0 aromatic heterocycles. The maximum absolute atomic E-state index is 12.2. The molecule has 6 heteroatoms. The zero-order valence-corrected chi connectivity index (χ0v) is 13.9. The molecule has 0 saturated carbocycles. The number of carbonyl (C=O) groups is 2. The van der Waals surface area contributed by atoms with Crippen LogP contribution in [0.1, 0.15) is 25.7 Å². The standard InChI is InChI=1S/C16H20BrNO4/c17-13-4-6-14(7-5-13)22-11-15(19)18-9-1-2-12(10-18)3-8-16(20)21/h4-7,12H,1-3,8-11H2,(H,20,21)/t12-/m1/s1. The largest absolute Gasteiger partial charge is 0.484 e. The second kappa shape index (κ2) is 8.17. The third-order valence-corrected chi connectivity index (χ3v) is 4.34. The molecule has 1 aliphatic heterocycles. The Morgan fingerprint density at radius 1 is 1.32 bits per heavy atom. The Balaban J connectivity index is 1.78. The molecule has 120 valence electrons. The average Bonchev–Trinajstić information content (AvgIpc) is 2.52. The zero-order valence-electron chi connectivity index (χ0n) is 12.3. The van der Waals surface area contributed by atoms with E-state index in [-0.39, 0.29) is 24.9 Å². The van der Waals surface area contributed by atoms with E-state index in [1.165, 1.54) is 0 Å². The Morgan fingerprint density at radius 3 is 2.73 bits per heavy atom. The molecule has 0 bridgehead atoms. The fourth-order valence-corrected chi connectivity index (χ4v) is 2.89. The molecule has 1 amide bonds. The van der Waals surface area contributed by atoms with Crippen LogP contribution >= 0.6 is 15.9 Å². The van der Waals surface area contributed by atoms with Gasteiger partial charge in [0.2, 0.25) is 0 Å². The highest BCUT2D eigenvalue weighted by atomic mass is 79.9. The number of rotatable bonds is 6. The predicted molar refractivity (Wildman–Crippen MR) is 85.8 cm³/mol. The van der Waals surface area contributed by atoms with Crippen LogP contribution in [0, 0.1) is 5.92 Å². The van der Waals surface area contributed by atoms with Crippen molar-refractivity contribution in [2.45, 2.75) is 25.7 Å². The Bertz CT molecular complexity index is 517. The van der Waals surface area contributed by atoms with Gasteiger partial charge in [-0.05, 0) is 49.4 Å². The lowest BCUT2D eigenvalue weighted by molar-refractivity contribution is -0.137. The first-order valence-electron chi connectivity index (χ1n) is 7.42. The molecule has 0 aliphatic carbocycles. The van der Waals surface area contributed by atoms with Crippen LogP contribution in [0.2, 0.25) is 0 Å². The van der Waals surface area contributed by atoms with E-state index in [4.69, 9.17) is 9.84 Å². The van der Waals surface area contributed by atoms with Crippen LogP contribution in [0.25, 0.3) is 0 Å². The van der Waals surface area contributed by atoms with Crippen molar-refractivity contribution >= 4 is 27.8 Å². The second-order valence-corrected chi connectivity index (χ2v) is 6.44. The number of carboxylic acids is 1. The summed E-state index contributed by atoms with van der Waals surface area (Å²) in [7, 11) is 0. The van der Waals surface area contributed by atoms with Crippen molar-refractivity contribution in [3.05, 3.63) is 28.7 Å². The Kier molecular flexibility index (Phi) is 6.24. The molecule has 1 aromatic rings. The molecule has 1 aliphatic rings. The van der Waals surface area contributed by atoms with E-state index in [1.807, 2.05) is 24.3 Å². The number of aliphatic carboxylic acids is 1. The SMILES string of the molecule is O=C(O)CC[C@H]1CCCN(C(=O)COc2ccc(Br)cc2)C1. The summed E-state index contributed by atoms with van der Waals surface area (Å²) in [4.78, 5) is 24.6. The number of hydrogen-bond donors (Lipinski definition) is 1. The minimum absolute atomic E-state index is 0.0211. The third kappa shape index (κ3) is 5.33. The number of carbonyl (C=O) groups excluding carboxylic acids is 1. The molecule has 1 aromatic carbocycles. The van der Waals surface area contributed by atoms with E-state index in [9.17, 15) is 9.59 Å². The van der Waals surface area contributed by atoms with Crippen LogP contribution in [0.3, 0.4) is 0 Å². The van der Waals surface area contributed by atoms with Gasteiger partial charge in [0.25, 0.3) is 5.91 Å². The van der Waals surface area contributed by atoms with Crippen molar-refractivity contribution in [2.24, 2.45) is 5.92 Å². The van der Waals surface area contributed by atoms with Crippen molar-refractivity contribution < 1.29 is 19.4 Å². The lowest BCUT2D eigenvalue weighted by Gasteiger charge is -2.32. The fraction of sp³-hybridized carbons (Fsp3) is 0.500. The van der Waals surface area contributed by atoms with E-state index >= 15 is 0 Å². The van der Waals surface area contributed by atoms with E-state index in [0.717, 1.165) is 23.9 Å². The number of likely N-dealkylation sites (tertiary alicyclic amines) is 1. The molecule has 1 fully saturated rings. The Hall–Kier alpha value is -1.56. The minimum atomic E-state index is -0.776. The monoisotopic (exact) mass is 369 g/mol. The van der Waals surface area contributed by atoms with Gasteiger partial charge < -0.3 is 14.7 Å². The summed E-state index contributed by atoms with van der Waals surface area (Å²) in [5.41, 5.74) is 0. The van der Waals surface area contributed by atoms with Crippen molar-refractivity contribution in [1.29, 1.82) is 0 Å². The van der Waals surface area contributed by atoms with Gasteiger partial charge >= 0.3 is 5.97 Å². The van der Waals surface area contributed by atoms with Crippen LogP contribution in [0.4, 0.5) is 0 Å². The molecule has 1 saturated heterocycles. The van der Waals surface area contributed by atoms with E-state index in [0.29, 0.717) is 18.7 Å². The lowest BCUT2D eigenvalue weighted by Crippen LogP contribution is -2.42. The molecule has 1 atom stereocenters. The molecule has 0 radical (unpaired) electrons. The number of halogens is 1. The number of benzene rings is 1. The summed E-state index contributed by atoms with van der Waals surface area (Å²) in [6.07, 6.45) is 2.72. The van der Waals surface area contributed by atoms with E-state index in [1.54, 1.807) is 4.90 Å². The smallest absolute Gasteiger partial charge is 0.303 e. The number of ether oxygens (including phenoxy) is 1. The molecule has 5 nitrogen and oxygen atoms in total. The normalized spacial score (nSPS) is 18.0. The van der Waals surface area contributed by atoms with Gasteiger partial charge in [0, 0.05) is 24.0 Å². The maximum Gasteiger partial charge on any atom is 0.303 e. The number of piperidine rings is 1. The fourth-order valence-electron chi connectivity index (χ4n) is 2.62. The van der Waals surface area contributed by atoms with Gasteiger partial charge in [0.1, 0.15) is 5.75 Å². The second-order valence-electron chi connectivity index (χ2n) is 5.52. The van der Waals surface area contributed by atoms with Gasteiger partial charge in [0.05, 0.1) is 0 Å². The summed E-state index contributed by atoms with van der Waals surface area (Å²) in [6.45, 7) is 1.38. The lowest BCUT2D eigenvalue weighted by atomic mass is 9.93. The summed E-state index contributed by atoms with van der Waals surface area (Å²) in [5.74, 6) is 0.127. The molecule has 1 N–H and O–H groups in total. The maximum atomic E-state index is 12.2. The molecule has 0 unspecified atom stereocenters. The van der Waals surface area contributed by atoms with Crippen LogP contribution in [0.15, 0.2) is 28.7 Å². The first-order chi connectivity index (χ1) is 10.5. The summed E-state index contributed by atoms with van der Waals surface area (Å²) < 4.78 is 6.46. The summed E-state index contributed by atoms with van der Waals surface area (Å²) >= 11 is 3.35. The van der Waals surface area contributed by atoms with Gasteiger partial charge in [-0.3, -0.25) is 9.59 Å². The van der Waals surface area contributed by atoms with Crippen molar-refractivity contribution in [2.75, 3.05) is 19.7 Å². The number of nitrogens with zero attached hydrogens (tertiary/aromatic N) is 1. The van der Waals surface area contributed by atoms with Gasteiger partial charge in [0.15, 0.2) is 6.61 Å². The van der Waals surface area contributed by atoms with Crippen molar-refractivity contribution in [3.63, 3.8) is 0 Å². The van der Waals surface area contributed by atoms with Gasteiger partial charge in [-0.25, -0.2) is 0 Å². The first-order valence-corrected chi connectivity index (χ1v) is 8.22. The van der Waals surface area contributed by atoms with Crippen LogP contribution in [-0.4, -0.2) is 41.6 Å². The summed E-state index contributed by atoms with van der Waals surface area (Å²) in [6, 6.07) is 7.34. The minimum Gasteiger partial charge on any atom is -0.484 e. The highest BCUT2D eigenvalue weighted by Crippen LogP contribution is 2.21. The Labute approximate surface area is 138 Å². The number of hydrogen-bond acceptors (Lipinski definition) is 3. The number of carboxylic acid groups (broad SMARTS) is 1. The van der Waals surface area contributed by atoms with Crippen molar-refractivity contribution in [1.82, 2.24) is 4.90 Å². The van der Waals surface area contributed by atoms with Crippen LogP contribution in [-0.2, 0) is 9.59 Å². The molecular weight excluding hydrogens is 350 g/mol.